The van der Waals surface area contributed by atoms with E-state index in [0.717, 1.165) is 17.7 Å². The molecule has 1 amide bonds. The molecule has 7 heteroatoms. The highest BCUT2D eigenvalue weighted by Gasteiger charge is 2.33. The number of amides is 1. The van der Waals surface area contributed by atoms with Gasteiger partial charge in [0.2, 0.25) is 5.91 Å². The molecule has 2 heterocycles. The normalized spacial score (nSPS) is 15.8. The van der Waals surface area contributed by atoms with Crippen molar-refractivity contribution >= 4 is 29.7 Å². The van der Waals surface area contributed by atoms with Gasteiger partial charge in [0.05, 0.1) is 20.3 Å². The minimum atomic E-state index is -0.0621. The van der Waals surface area contributed by atoms with Gasteiger partial charge in [0.15, 0.2) is 11.5 Å². The number of ether oxygens (including phenoxy) is 2. The maximum absolute atomic E-state index is 12.8. The lowest BCUT2D eigenvalue weighted by Gasteiger charge is -2.37. The molecule has 1 N–H and O–H groups in total. The number of hydrogen-bond donors (Lipinski definition) is 1. The number of carbonyl (C=O) groups excluding carboxylic acids is 1. The van der Waals surface area contributed by atoms with Crippen LogP contribution in [0.15, 0.2) is 29.6 Å². The molecule has 0 aliphatic carbocycles. The predicted octanol–water partition coefficient (Wildman–Crippen LogP) is 3.27. The van der Waals surface area contributed by atoms with Crippen molar-refractivity contribution in [2.45, 2.75) is 18.9 Å². The summed E-state index contributed by atoms with van der Waals surface area (Å²) in [5, 5.41) is 5.11. The molecule has 1 atom stereocenters. The number of fused-ring (bicyclic) bond motifs is 1. The fourth-order valence-corrected chi connectivity index (χ4v) is 4.20. The number of hydrogen-bond acceptors (Lipinski definition) is 5. The summed E-state index contributed by atoms with van der Waals surface area (Å²) in [5.74, 6) is 1.61. The van der Waals surface area contributed by atoms with Gasteiger partial charge in [-0.3, -0.25) is 4.79 Å². The summed E-state index contributed by atoms with van der Waals surface area (Å²) in [5.41, 5.74) is 2.35. The SMILES string of the molecule is CNCCC(=O)N1CCc2cc(OC)c(OC)cc2C1c1cccs1.Cl. The van der Waals surface area contributed by atoms with Crippen molar-refractivity contribution in [2.24, 2.45) is 0 Å². The van der Waals surface area contributed by atoms with E-state index in [1.807, 2.05) is 30.1 Å². The fraction of sp³-hybridized carbons (Fsp3) is 0.421. The molecule has 26 heavy (non-hydrogen) atoms. The quantitative estimate of drug-likeness (QED) is 0.814. The van der Waals surface area contributed by atoms with E-state index in [0.29, 0.717) is 25.3 Å². The molecule has 5 nitrogen and oxygen atoms in total. The summed E-state index contributed by atoms with van der Waals surface area (Å²) in [7, 11) is 5.16. The van der Waals surface area contributed by atoms with Gasteiger partial charge in [-0.2, -0.15) is 0 Å². The van der Waals surface area contributed by atoms with Crippen molar-refractivity contribution in [1.29, 1.82) is 0 Å². The van der Waals surface area contributed by atoms with Crippen LogP contribution in [0.25, 0.3) is 0 Å². The molecule has 0 saturated heterocycles. The van der Waals surface area contributed by atoms with Crippen molar-refractivity contribution in [3.8, 4) is 11.5 Å². The number of methoxy groups -OCH3 is 2. The number of rotatable bonds is 6. The maximum Gasteiger partial charge on any atom is 0.224 e. The van der Waals surface area contributed by atoms with Crippen molar-refractivity contribution in [2.75, 3.05) is 34.4 Å². The summed E-state index contributed by atoms with van der Waals surface area (Å²) in [6, 6.07) is 8.14. The van der Waals surface area contributed by atoms with Crippen molar-refractivity contribution in [1.82, 2.24) is 10.2 Å². The Morgan fingerprint density at radius 1 is 1.31 bits per heavy atom. The molecule has 0 fully saturated rings. The van der Waals surface area contributed by atoms with Crippen LogP contribution in [-0.2, 0) is 11.2 Å². The third-order valence-electron chi connectivity index (χ3n) is 4.60. The number of thiophene rings is 1. The van der Waals surface area contributed by atoms with Crippen LogP contribution in [0, 0.1) is 0 Å². The van der Waals surface area contributed by atoms with Crippen molar-refractivity contribution < 1.29 is 14.3 Å². The highest BCUT2D eigenvalue weighted by Crippen LogP contribution is 2.42. The number of halogens is 1. The van der Waals surface area contributed by atoms with Gasteiger partial charge < -0.3 is 19.7 Å². The summed E-state index contributed by atoms with van der Waals surface area (Å²) >= 11 is 1.68. The fourth-order valence-electron chi connectivity index (χ4n) is 3.34. The Labute approximate surface area is 164 Å². The smallest absolute Gasteiger partial charge is 0.224 e. The Bertz CT molecular complexity index is 737. The largest absolute Gasteiger partial charge is 0.493 e. The van der Waals surface area contributed by atoms with Crippen LogP contribution in [0.1, 0.15) is 28.5 Å². The lowest BCUT2D eigenvalue weighted by atomic mass is 9.90. The average Bonchev–Trinajstić information content (AvgIpc) is 3.18. The Kier molecular flexibility index (Phi) is 7.32. The summed E-state index contributed by atoms with van der Waals surface area (Å²) in [6.07, 6.45) is 1.32. The van der Waals surface area contributed by atoms with Crippen LogP contribution >= 0.6 is 23.7 Å². The molecule has 1 aliphatic rings. The molecule has 0 spiro atoms. The highest BCUT2D eigenvalue weighted by molar-refractivity contribution is 7.10. The van der Waals surface area contributed by atoms with E-state index in [1.54, 1.807) is 25.6 Å². The number of nitrogens with one attached hydrogen (secondary N) is 1. The van der Waals surface area contributed by atoms with Crippen LogP contribution < -0.4 is 14.8 Å². The predicted molar refractivity (Wildman–Crippen MR) is 107 cm³/mol. The second-order valence-electron chi connectivity index (χ2n) is 6.01. The Morgan fingerprint density at radius 3 is 2.65 bits per heavy atom. The molecule has 0 radical (unpaired) electrons. The number of carbonyl (C=O) groups is 1. The van der Waals surface area contributed by atoms with Gasteiger partial charge in [0.25, 0.3) is 0 Å². The molecule has 1 aromatic heterocycles. The summed E-state index contributed by atoms with van der Waals surface area (Å²) in [4.78, 5) is 16.0. The second kappa shape index (κ2) is 9.26. The van der Waals surface area contributed by atoms with E-state index in [1.165, 1.54) is 10.4 Å². The van der Waals surface area contributed by atoms with Gasteiger partial charge in [-0.05, 0) is 48.2 Å². The van der Waals surface area contributed by atoms with Gasteiger partial charge in [-0.1, -0.05) is 6.07 Å². The summed E-state index contributed by atoms with van der Waals surface area (Å²) in [6.45, 7) is 1.40. The van der Waals surface area contributed by atoms with Gasteiger partial charge in [0, 0.05) is 24.4 Å². The molecule has 1 unspecified atom stereocenters. The first-order valence-electron chi connectivity index (χ1n) is 8.41. The lowest BCUT2D eigenvalue weighted by Crippen LogP contribution is -2.41. The van der Waals surface area contributed by atoms with Crippen molar-refractivity contribution in [3.05, 3.63) is 45.6 Å². The van der Waals surface area contributed by atoms with Gasteiger partial charge >= 0.3 is 0 Å². The first kappa shape index (κ1) is 20.6. The zero-order valence-electron chi connectivity index (χ0n) is 15.3. The average molecular weight is 397 g/mol. The third kappa shape index (κ3) is 3.98. The molecular formula is C19H25ClN2O3S. The monoisotopic (exact) mass is 396 g/mol. The van der Waals surface area contributed by atoms with Crippen LogP contribution in [-0.4, -0.2) is 45.2 Å². The Morgan fingerprint density at radius 2 is 2.04 bits per heavy atom. The third-order valence-corrected chi connectivity index (χ3v) is 5.52. The molecular weight excluding hydrogens is 372 g/mol. The standard InChI is InChI=1S/C19H24N2O3S.ClH/c1-20-8-6-18(22)21-9-7-13-11-15(23-2)16(24-3)12-14(13)19(21)17-5-4-10-25-17;/h4-5,10-12,19-20H,6-9H2,1-3H3;1H. The zero-order chi connectivity index (χ0) is 17.8. The van der Waals surface area contributed by atoms with Crippen LogP contribution in [0.4, 0.5) is 0 Å². The topological polar surface area (TPSA) is 50.8 Å². The van der Waals surface area contributed by atoms with E-state index >= 15 is 0 Å². The lowest BCUT2D eigenvalue weighted by molar-refractivity contribution is -0.133. The molecule has 1 aliphatic heterocycles. The molecule has 3 rings (SSSR count). The van der Waals surface area contributed by atoms with Crippen LogP contribution in [0.2, 0.25) is 0 Å². The van der Waals surface area contributed by atoms with E-state index in [4.69, 9.17) is 9.47 Å². The second-order valence-corrected chi connectivity index (χ2v) is 6.99. The molecule has 0 bridgehead atoms. The van der Waals surface area contributed by atoms with Gasteiger partial charge in [0.1, 0.15) is 0 Å². The minimum Gasteiger partial charge on any atom is -0.493 e. The molecule has 142 valence electrons. The molecule has 2 aromatic rings. The number of benzene rings is 1. The van der Waals surface area contributed by atoms with Crippen LogP contribution in [0.5, 0.6) is 11.5 Å². The van der Waals surface area contributed by atoms with E-state index in [9.17, 15) is 4.79 Å². The zero-order valence-corrected chi connectivity index (χ0v) is 16.9. The Balaban J connectivity index is 0.00000243. The first-order valence-corrected chi connectivity index (χ1v) is 9.29. The summed E-state index contributed by atoms with van der Waals surface area (Å²) < 4.78 is 10.9. The maximum atomic E-state index is 12.8. The van der Waals surface area contributed by atoms with E-state index in [2.05, 4.69) is 16.8 Å². The van der Waals surface area contributed by atoms with Gasteiger partial charge in [-0.25, -0.2) is 0 Å². The molecule has 0 saturated carbocycles. The van der Waals surface area contributed by atoms with E-state index in [-0.39, 0.29) is 24.4 Å². The van der Waals surface area contributed by atoms with Crippen LogP contribution in [0.3, 0.4) is 0 Å². The van der Waals surface area contributed by atoms with Gasteiger partial charge in [-0.15, -0.1) is 23.7 Å². The highest BCUT2D eigenvalue weighted by atomic mass is 35.5. The first-order chi connectivity index (χ1) is 12.2. The minimum absolute atomic E-state index is 0. The molecule has 1 aromatic carbocycles. The number of nitrogens with zero attached hydrogens (tertiary/aromatic N) is 1. The Hall–Kier alpha value is -1.76. The van der Waals surface area contributed by atoms with Crippen molar-refractivity contribution in [3.63, 3.8) is 0 Å². The van der Waals surface area contributed by atoms with E-state index < -0.39 is 0 Å².